The van der Waals surface area contributed by atoms with Crippen LogP contribution in [0, 0.1) is 0 Å². The summed E-state index contributed by atoms with van der Waals surface area (Å²) in [6, 6.07) is 9.74. The molecule has 6 nitrogen and oxygen atoms in total. The van der Waals surface area contributed by atoms with E-state index in [0.29, 0.717) is 22.3 Å². The van der Waals surface area contributed by atoms with Crippen molar-refractivity contribution in [2.75, 3.05) is 11.9 Å². The van der Waals surface area contributed by atoms with Gasteiger partial charge in [-0.25, -0.2) is 4.79 Å². The van der Waals surface area contributed by atoms with E-state index in [-0.39, 0.29) is 17.3 Å². The minimum atomic E-state index is -4.77. The van der Waals surface area contributed by atoms with Crippen molar-refractivity contribution < 1.29 is 22.7 Å². The van der Waals surface area contributed by atoms with Crippen LogP contribution < -0.4 is 15.3 Å². The van der Waals surface area contributed by atoms with Gasteiger partial charge in [-0.1, -0.05) is 0 Å². The number of hydrogen-bond donors (Lipinski definition) is 1. The molecule has 9 heteroatoms. The van der Waals surface area contributed by atoms with E-state index < -0.39 is 6.36 Å². The third-order valence-corrected chi connectivity index (χ3v) is 3.91. The third kappa shape index (κ3) is 3.41. The van der Waals surface area contributed by atoms with E-state index in [2.05, 4.69) is 9.72 Å². The zero-order valence-electron chi connectivity index (χ0n) is 13.8. The number of fused-ring (bicyclic) bond motifs is 1. The molecular formula is C17H14F3N3O3. The van der Waals surface area contributed by atoms with Crippen LogP contribution in [0.5, 0.6) is 5.75 Å². The fourth-order valence-electron chi connectivity index (χ4n) is 2.55. The first-order chi connectivity index (χ1) is 12.2. The number of rotatable bonds is 3. The molecule has 3 aromatic rings. The zero-order chi connectivity index (χ0) is 19.1. The number of hydrogen-bond acceptors (Lipinski definition) is 3. The lowest BCUT2D eigenvalue weighted by Crippen LogP contribution is -2.26. The number of H-pyrrole nitrogens is 1. The van der Waals surface area contributed by atoms with Gasteiger partial charge in [0.05, 0.1) is 11.0 Å². The van der Waals surface area contributed by atoms with Gasteiger partial charge in [-0.3, -0.25) is 9.36 Å². The smallest absolute Gasteiger partial charge is 0.406 e. The fraction of sp³-hybridized carbons (Fsp3) is 0.176. The topological polar surface area (TPSA) is 67.3 Å². The van der Waals surface area contributed by atoms with Crippen LogP contribution in [0.15, 0.2) is 47.3 Å². The van der Waals surface area contributed by atoms with Crippen LogP contribution in [0.2, 0.25) is 0 Å². The molecular weight excluding hydrogens is 351 g/mol. The standard InChI is InChI=1S/C17H14F3N3O3/c1-22(11-4-6-12(7-5-11)26-17(18,19)20)15(24)10-3-8-14-13(9-10)21-16(25)23(14)2/h3-9H,1-2H3,(H,21,25). The van der Waals surface area contributed by atoms with Crippen molar-refractivity contribution in [3.05, 3.63) is 58.5 Å². The second kappa shape index (κ2) is 6.25. The lowest BCUT2D eigenvalue weighted by Gasteiger charge is -2.18. The van der Waals surface area contributed by atoms with Crippen LogP contribution >= 0.6 is 0 Å². The first-order valence-electron chi connectivity index (χ1n) is 7.48. The quantitative estimate of drug-likeness (QED) is 0.776. The Balaban J connectivity index is 1.84. The summed E-state index contributed by atoms with van der Waals surface area (Å²) in [4.78, 5) is 28.2. The number of nitrogens with one attached hydrogen (secondary N) is 1. The summed E-state index contributed by atoms with van der Waals surface area (Å²) in [6.07, 6.45) is -4.77. The van der Waals surface area contributed by atoms with Crippen molar-refractivity contribution in [1.82, 2.24) is 9.55 Å². The van der Waals surface area contributed by atoms with Crippen molar-refractivity contribution in [1.29, 1.82) is 0 Å². The Kier molecular flexibility index (Phi) is 4.23. The number of nitrogens with zero attached hydrogens (tertiary/aromatic N) is 2. The number of aryl methyl sites for hydroxylation is 1. The Labute approximate surface area is 145 Å². The van der Waals surface area contributed by atoms with Crippen molar-refractivity contribution in [2.24, 2.45) is 7.05 Å². The predicted octanol–water partition coefficient (Wildman–Crippen LogP) is 3.04. The molecule has 0 saturated carbocycles. The number of anilines is 1. The fourth-order valence-corrected chi connectivity index (χ4v) is 2.55. The number of ether oxygens (including phenoxy) is 1. The number of halogens is 3. The number of aromatic nitrogens is 2. The van der Waals surface area contributed by atoms with Crippen LogP contribution in [0.4, 0.5) is 18.9 Å². The maximum Gasteiger partial charge on any atom is 0.573 e. The van der Waals surface area contributed by atoms with Gasteiger partial charge in [0.2, 0.25) is 0 Å². The van der Waals surface area contributed by atoms with Crippen molar-refractivity contribution in [3.63, 3.8) is 0 Å². The molecule has 0 unspecified atom stereocenters. The number of imidazole rings is 1. The Hall–Kier alpha value is -3.23. The average molecular weight is 365 g/mol. The molecule has 0 saturated heterocycles. The van der Waals surface area contributed by atoms with E-state index in [1.165, 1.54) is 28.6 Å². The summed E-state index contributed by atoms with van der Waals surface area (Å²) in [6.45, 7) is 0. The molecule has 1 aromatic heterocycles. The van der Waals surface area contributed by atoms with E-state index in [0.717, 1.165) is 12.1 Å². The van der Waals surface area contributed by atoms with Crippen molar-refractivity contribution in [3.8, 4) is 5.75 Å². The minimum absolute atomic E-state index is 0.293. The molecule has 3 rings (SSSR count). The van der Waals surface area contributed by atoms with Crippen molar-refractivity contribution >= 4 is 22.6 Å². The number of amides is 1. The number of aromatic amines is 1. The summed E-state index contributed by atoms with van der Waals surface area (Å²) in [5.74, 6) is -0.744. The third-order valence-electron chi connectivity index (χ3n) is 3.91. The highest BCUT2D eigenvalue weighted by molar-refractivity contribution is 6.07. The maximum atomic E-state index is 12.6. The normalized spacial score (nSPS) is 11.6. The van der Waals surface area contributed by atoms with E-state index in [1.54, 1.807) is 25.2 Å². The monoisotopic (exact) mass is 365 g/mol. The van der Waals surface area contributed by atoms with Crippen molar-refractivity contribution in [2.45, 2.75) is 6.36 Å². The Morgan fingerprint density at radius 1 is 1.15 bits per heavy atom. The average Bonchev–Trinajstić information content (AvgIpc) is 2.86. The van der Waals surface area contributed by atoms with Gasteiger partial charge in [-0.15, -0.1) is 13.2 Å². The van der Waals surface area contributed by atoms with Crippen LogP contribution in [0.1, 0.15) is 10.4 Å². The molecule has 26 heavy (non-hydrogen) atoms. The Morgan fingerprint density at radius 2 is 1.81 bits per heavy atom. The molecule has 0 fully saturated rings. The molecule has 136 valence electrons. The predicted molar refractivity (Wildman–Crippen MR) is 89.4 cm³/mol. The van der Waals surface area contributed by atoms with Gasteiger partial charge in [0, 0.05) is 25.3 Å². The SMILES string of the molecule is CN(C(=O)c1ccc2c(c1)[nH]c(=O)n2C)c1ccc(OC(F)(F)F)cc1. The highest BCUT2D eigenvalue weighted by Gasteiger charge is 2.31. The zero-order valence-corrected chi connectivity index (χ0v) is 13.8. The molecule has 2 aromatic carbocycles. The van der Waals surface area contributed by atoms with E-state index in [4.69, 9.17) is 0 Å². The molecule has 1 heterocycles. The van der Waals surface area contributed by atoms with Gasteiger partial charge >= 0.3 is 12.1 Å². The first kappa shape index (κ1) is 17.6. The second-order valence-corrected chi connectivity index (χ2v) is 5.63. The first-order valence-corrected chi connectivity index (χ1v) is 7.48. The molecule has 0 bridgehead atoms. The lowest BCUT2D eigenvalue weighted by atomic mass is 10.1. The summed E-state index contributed by atoms with van der Waals surface area (Å²) >= 11 is 0. The highest BCUT2D eigenvalue weighted by Crippen LogP contribution is 2.25. The van der Waals surface area contributed by atoms with Gasteiger partial charge in [-0.05, 0) is 42.5 Å². The molecule has 0 aliphatic rings. The molecule has 0 aliphatic heterocycles. The van der Waals surface area contributed by atoms with Gasteiger partial charge in [-0.2, -0.15) is 0 Å². The highest BCUT2D eigenvalue weighted by atomic mass is 19.4. The van der Waals surface area contributed by atoms with Crippen LogP contribution in [-0.2, 0) is 7.05 Å². The molecule has 0 aliphatic carbocycles. The Morgan fingerprint density at radius 3 is 2.42 bits per heavy atom. The van der Waals surface area contributed by atoms with Gasteiger partial charge < -0.3 is 14.6 Å². The number of benzene rings is 2. The number of alkyl halides is 3. The lowest BCUT2D eigenvalue weighted by molar-refractivity contribution is -0.274. The molecule has 1 N–H and O–H groups in total. The number of carbonyl (C=O) groups is 1. The molecule has 0 spiro atoms. The van der Waals surface area contributed by atoms with Crippen LogP contribution in [0.25, 0.3) is 11.0 Å². The summed E-state index contributed by atoms with van der Waals surface area (Å²) in [5, 5.41) is 0. The second-order valence-electron chi connectivity index (χ2n) is 5.63. The molecule has 0 atom stereocenters. The molecule has 1 amide bonds. The number of carbonyl (C=O) groups excluding carboxylic acids is 1. The molecule has 0 radical (unpaired) electrons. The van der Waals surface area contributed by atoms with Gasteiger partial charge in [0.15, 0.2) is 0 Å². The summed E-state index contributed by atoms with van der Waals surface area (Å²) in [5.41, 5.74) is 1.61. The van der Waals surface area contributed by atoms with E-state index in [9.17, 15) is 22.8 Å². The van der Waals surface area contributed by atoms with E-state index in [1.807, 2.05) is 0 Å². The maximum absolute atomic E-state index is 12.6. The van der Waals surface area contributed by atoms with Gasteiger partial charge in [0.25, 0.3) is 5.91 Å². The largest absolute Gasteiger partial charge is 0.573 e. The van der Waals surface area contributed by atoms with Crippen LogP contribution in [0.3, 0.4) is 0 Å². The Bertz CT molecular complexity index is 1020. The van der Waals surface area contributed by atoms with E-state index >= 15 is 0 Å². The summed E-state index contributed by atoms with van der Waals surface area (Å²) < 4.78 is 41.8. The summed E-state index contributed by atoms with van der Waals surface area (Å²) in [7, 11) is 3.11. The van der Waals surface area contributed by atoms with Crippen LogP contribution in [-0.4, -0.2) is 28.9 Å². The minimum Gasteiger partial charge on any atom is -0.406 e. The van der Waals surface area contributed by atoms with Gasteiger partial charge in [0.1, 0.15) is 5.75 Å².